The predicted octanol–water partition coefficient (Wildman–Crippen LogP) is 3.94. The summed E-state index contributed by atoms with van der Waals surface area (Å²) >= 11 is 12.0. The highest BCUT2D eigenvalue weighted by molar-refractivity contribution is 6.42. The number of nitrogens with zero attached hydrogens (tertiary/aromatic N) is 2. The Morgan fingerprint density at radius 3 is 2.80 bits per heavy atom. The summed E-state index contributed by atoms with van der Waals surface area (Å²) in [4.78, 5) is 4.47. The van der Waals surface area contributed by atoms with E-state index in [1.54, 1.807) is 13.2 Å². The largest absolute Gasteiger partial charge is 0.385 e. The van der Waals surface area contributed by atoms with E-state index in [0.29, 0.717) is 10.0 Å². The molecule has 0 saturated heterocycles. The highest BCUT2D eigenvalue weighted by Gasteiger charge is 2.08. The van der Waals surface area contributed by atoms with Crippen LogP contribution in [-0.4, -0.2) is 29.8 Å². The number of methoxy groups -OCH3 is 1. The summed E-state index contributed by atoms with van der Waals surface area (Å²) in [7, 11) is 1.70. The van der Waals surface area contributed by atoms with Crippen molar-refractivity contribution in [2.45, 2.75) is 13.3 Å². The van der Waals surface area contributed by atoms with Gasteiger partial charge < -0.3 is 10.1 Å². The predicted molar refractivity (Wildman–Crippen MR) is 83.3 cm³/mol. The molecular weight excluding hydrogens is 297 g/mol. The first-order valence-corrected chi connectivity index (χ1v) is 7.11. The van der Waals surface area contributed by atoms with Crippen LogP contribution in [0.3, 0.4) is 0 Å². The summed E-state index contributed by atoms with van der Waals surface area (Å²) in [5, 5.41) is 4.37. The van der Waals surface area contributed by atoms with Gasteiger partial charge in [-0.3, -0.25) is 4.57 Å². The Hall–Kier alpha value is -1.23. The smallest absolute Gasteiger partial charge is 0.207 e. The zero-order valence-corrected chi connectivity index (χ0v) is 13.0. The Labute approximate surface area is 128 Å². The minimum absolute atomic E-state index is 0.529. The van der Waals surface area contributed by atoms with E-state index in [1.807, 2.05) is 29.8 Å². The molecule has 2 aromatic rings. The van der Waals surface area contributed by atoms with Crippen LogP contribution in [0.4, 0.5) is 5.95 Å². The lowest BCUT2D eigenvalue weighted by atomic mass is 10.3. The van der Waals surface area contributed by atoms with Crippen LogP contribution in [0, 0.1) is 6.92 Å². The van der Waals surface area contributed by atoms with Crippen LogP contribution in [0.1, 0.15) is 12.1 Å². The molecule has 0 unspecified atom stereocenters. The Morgan fingerprint density at radius 1 is 1.30 bits per heavy atom. The number of ether oxygens (including phenoxy) is 1. The zero-order valence-electron chi connectivity index (χ0n) is 11.5. The molecule has 1 aromatic carbocycles. The van der Waals surface area contributed by atoms with Crippen LogP contribution in [0.5, 0.6) is 0 Å². The van der Waals surface area contributed by atoms with Gasteiger partial charge in [0.25, 0.3) is 0 Å². The summed E-state index contributed by atoms with van der Waals surface area (Å²) in [6, 6.07) is 5.52. The third-order valence-corrected chi connectivity index (χ3v) is 3.56. The monoisotopic (exact) mass is 313 g/mol. The van der Waals surface area contributed by atoms with Gasteiger partial charge in [0.2, 0.25) is 5.95 Å². The number of imidazole rings is 1. The van der Waals surface area contributed by atoms with Crippen LogP contribution in [-0.2, 0) is 4.74 Å². The first kappa shape index (κ1) is 15.2. The highest BCUT2D eigenvalue weighted by atomic mass is 35.5. The Kier molecular flexibility index (Phi) is 5.29. The number of nitrogens with one attached hydrogen (secondary N) is 1. The normalized spacial score (nSPS) is 10.8. The molecule has 1 aromatic heterocycles. The summed E-state index contributed by atoms with van der Waals surface area (Å²) in [6.45, 7) is 3.47. The first-order valence-electron chi connectivity index (χ1n) is 6.36. The lowest BCUT2D eigenvalue weighted by Crippen LogP contribution is -2.09. The quantitative estimate of drug-likeness (QED) is 0.821. The maximum atomic E-state index is 6.07. The van der Waals surface area contributed by atoms with Gasteiger partial charge in [-0.15, -0.1) is 0 Å². The fourth-order valence-electron chi connectivity index (χ4n) is 1.87. The number of anilines is 1. The third kappa shape index (κ3) is 3.66. The van der Waals surface area contributed by atoms with Crippen molar-refractivity contribution in [2.75, 3.05) is 25.6 Å². The average molecular weight is 314 g/mol. The van der Waals surface area contributed by atoms with Crippen molar-refractivity contribution in [3.05, 3.63) is 40.1 Å². The molecule has 0 aliphatic heterocycles. The molecule has 2 rings (SSSR count). The number of aryl methyl sites for hydroxylation is 1. The van der Waals surface area contributed by atoms with E-state index in [4.69, 9.17) is 27.9 Å². The molecule has 20 heavy (non-hydrogen) atoms. The molecule has 0 spiro atoms. The van der Waals surface area contributed by atoms with Gasteiger partial charge in [0.1, 0.15) is 0 Å². The number of hydrogen-bond donors (Lipinski definition) is 1. The van der Waals surface area contributed by atoms with Crippen molar-refractivity contribution in [1.82, 2.24) is 9.55 Å². The van der Waals surface area contributed by atoms with Crippen molar-refractivity contribution in [3.8, 4) is 5.69 Å². The summed E-state index contributed by atoms with van der Waals surface area (Å²) < 4.78 is 6.99. The third-order valence-electron chi connectivity index (χ3n) is 2.82. The average Bonchev–Trinajstić information content (AvgIpc) is 2.79. The Bertz CT molecular complexity index is 584. The fourth-order valence-corrected chi connectivity index (χ4v) is 2.16. The maximum Gasteiger partial charge on any atom is 0.207 e. The van der Waals surface area contributed by atoms with E-state index < -0.39 is 0 Å². The van der Waals surface area contributed by atoms with E-state index in [-0.39, 0.29) is 0 Å². The van der Waals surface area contributed by atoms with E-state index in [2.05, 4.69) is 10.3 Å². The summed E-state index contributed by atoms with van der Waals surface area (Å²) in [6.07, 6.45) is 2.88. The molecule has 0 amide bonds. The van der Waals surface area contributed by atoms with E-state index in [1.165, 1.54) is 0 Å². The van der Waals surface area contributed by atoms with Crippen molar-refractivity contribution < 1.29 is 4.74 Å². The highest BCUT2D eigenvalue weighted by Crippen LogP contribution is 2.26. The van der Waals surface area contributed by atoms with Gasteiger partial charge in [0.15, 0.2) is 0 Å². The molecule has 0 radical (unpaired) electrons. The van der Waals surface area contributed by atoms with Crippen molar-refractivity contribution in [2.24, 2.45) is 0 Å². The second-order valence-electron chi connectivity index (χ2n) is 4.45. The first-order chi connectivity index (χ1) is 9.61. The van der Waals surface area contributed by atoms with Gasteiger partial charge in [-0.1, -0.05) is 23.2 Å². The minimum Gasteiger partial charge on any atom is -0.385 e. The molecule has 0 saturated carbocycles. The Balaban J connectivity index is 2.20. The minimum atomic E-state index is 0.529. The fraction of sp³-hybridized carbons (Fsp3) is 0.357. The van der Waals surface area contributed by atoms with Gasteiger partial charge in [-0.25, -0.2) is 4.98 Å². The van der Waals surface area contributed by atoms with Crippen molar-refractivity contribution >= 4 is 29.2 Å². The van der Waals surface area contributed by atoms with Crippen LogP contribution < -0.4 is 5.32 Å². The maximum absolute atomic E-state index is 6.07. The molecule has 0 bridgehead atoms. The van der Waals surface area contributed by atoms with Gasteiger partial charge in [-0.2, -0.15) is 0 Å². The van der Waals surface area contributed by atoms with Gasteiger partial charge in [-0.05, 0) is 31.5 Å². The van der Waals surface area contributed by atoms with E-state index in [0.717, 1.165) is 36.9 Å². The lowest BCUT2D eigenvalue weighted by molar-refractivity contribution is 0.197. The molecule has 0 aliphatic carbocycles. The van der Waals surface area contributed by atoms with Crippen molar-refractivity contribution in [3.63, 3.8) is 0 Å². The van der Waals surface area contributed by atoms with Crippen LogP contribution >= 0.6 is 23.2 Å². The van der Waals surface area contributed by atoms with Gasteiger partial charge >= 0.3 is 0 Å². The second-order valence-corrected chi connectivity index (χ2v) is 5.26. The van der Waals surface area contributed by atoms with Gasteiger partial charge in [0.05, 0.1) is 21.4 Å². The van der Waals surface area contributed by atoms with E-state index in [9.17, 15) is 0 Å². The number of halogens is 2. The molecule has 0 aliphatic rings. The number of benzene rings is 1. The van der Waals surface area contributed by atoms with Crippen LogP contribution in [0.2, 0.25) is 10.0 Å². The topological polar surface area (TPSA) is 39.1 Å². The van der Waals surface area contributed by atoms with E-state index >= 15 is 0 Å². The van der Waals surface area contributed by atoms with Crippen LogP contribution in [0.25, 0.3) is 5.69 Å². The number of rotatable bonds is 6. The number of hydrogen-bond acceptors (Lipinski definition) is 3. The van der Waals surface area contributed by atoms with Crippen LogP contribution in [0.15, 0.2) is 24.4 Å². The standard InChI is InChI=1S/C14H17Cl2N3O/c1-10-9-19(11-4-5-12(15)13(16)8-11)14(18-10)17-6-3-7-20-2/h4-5,8-9H,3,6-7H2,1-2H3,(H,17,18). The molecular formula is C14H17Cl2N3O. The molecule has 1 heterocycles. The molecule has 1 N–H and O–H groups in total. The number of aromatic nitrogens is 2. The zero-order chi connectivity index (χ0) is 14.5. The molecule has 108 valence electrons. The molecule has 4 nitrogen and oxygen atoms in total. The van der Waals surface area contributed by atoms with Crippen molar-refractivity contribution in [1.29, 1.82) is 0 Å². The molecule has 0 atom stereocenters. The molecule has 6 heteroatoms. The summed E-state index contributed by atoms with van der Waals surface area (Å²) in [5.41, 5.74) is 1.86. The summed E-state index contributed by atoms with van der Waals surface area (Å²) in [5.74, 6) is 0.789. The second kappa shape index (κ2) is 6.97. The lowest BCUT2D eigenvalue weighted by Gasteiger charge is -2.10. The van der Waals surface area contributed by atoms with Gasteiger partial charge in [0, 0.05) is 26.5 Å². The SMILES string of the molecule is COCCCNc1nc(C)cn1-c1ccc(Cl)c(Cl)c1. The Morgan fingerprint density at radius 2 is 2.10 bits per heavy atom. The molecule has 0 fully saturated rings.